The fraction of sp³-hybridized carbons (Fsp3) is 0.421. The van der Waals surface area contributed by atoms with E-state index in [1.54, 1.807) is 0 Å². The first-order valence-electron chi connectivity index (χ1n) is 8.05. The van der Waals surface area contributed by atoms with Crippen LogP contribution in [0.1, 0.15) is 42.7 Å². The summed E-state index contributed by atoms with van der Waals surface area (Å²) in [5.41, 5.74) is 3.19. The van der Waals surface area contributed by atoms with E-state index in [1.165, 1.54) is 36.8 Å². The Hall–Kier alpha value is -1.67. The lowest BCUT2D eigenvalue weighted by Gasteiger charge is -2.49. The fourth-order valence-electron chi connectivity index (χ4n) is 3.63. The zero-order valence-corrected chi connectivity index (χ0v) is 12.3. The summed E-state index contributed by atoms with van der Waals surface area (Å²) in [5.74, 6) is 0.701. The summed E-state index contributed by atoms with van der Waals surface area (Å²) in [7, 11) is 0. The highest BCUT2D eigenvalue weighted by atomic mass is 15.0. The van der Waals surface area contributed by atoms with Crippen molar-refractivity contribution in [2.24, 2.45) is 0 Å². The van der Waals surface area contributed by atoms with Gasteiger partial charge in [0.15, 0.2) is 0 Å². The highest BCUT2D eigenvalue weighted by Gasteiger charge is 2.46. The van der Waals surface area contributed by atoms with E-state index in [0.717, 1.165) is 12.6 Å². The van der Waals surface area contributed by atoms with Crippen LogP contribution in [0.15, 0.2) is 54.9 Å². The molecule has 0 amide bonds. The summed E-state index contributed by atoms with van der Waals surface area (Å²) in [4.78, 5) is 4.35. The lowest BCUT2D eigenvalue weighted by atomic mass is 9.57. The minimum Gasteiger partial charge on any atom is -0.313 e. The summed E-state index contributed by atoms with van der Waals surface area (Å²) in [6.07, 6.45) is 9.12. The van der Waals surface area contributed by atoms with E-state index in [1.807, 2.05) is 6.20 Å². The first-order valence-corrected chi connectivity index (χ1v) is 8.05. The van der Waals surface area contributed by atoms with Crippen molar-refractivity contribution < 1.29 is 0 Å². The molecule has 2 saturated carbocycles. The van der Waals surface area contributed by atoms with Crippen LogP contribution in [0.3, 0.4) is 0 Å². The highest BCUT2D eigenvalue weighted by molar-refractivity contribution is 5.33. The Morgan fingerprint density at radius 3 is 2.52 bits per heavy atom. The smallest absolute Gasteiger partial charge is 0.0306 e. The molecule has 108 valence electrons. The van der Waals surface area contributed by atoms with Crippen molar-refractivity contribution in [3.63, 3.8) is 0 Å². The third-order valence-corrected chi connectivity index (χ3v) is 5.13. The number of rotatable bonds is 5. The van der Waals surface area contributed by atoms with Gasteiger partial charge in [-0.1, -0.05) is 36.4 Å². The minimum absolute atomic E-state index is 0.289. The Bertz CT molecular complexity index is 583. The molecule has 4 rings (SSSR count). The van der Waals surface area contributed by atoms with Gasteiger partial charge in [-0.25, -0.2) is 0 Å². The second-order valence-corrected chi connectivity index (χ2v) is 6.69. The summed E-state index contributed by atoms with van der Waals surface area (Å²) < 4.78 is 0. The largest absolute Gasteiger partial charge is 0.313 e. The van der Waals surface area contributed by atoms with Gasteiger partial charge in [0.05, 0.1) is 0 Å². The second kappa shape index (κ2) is 5.27. The van der Waals surface area contributed by atoms with E-state index in [4.69, 9.17) is 0 Å². The molecule has 0 saturated heterocycles. The normalized spacial score (nSPS) is 28.1. The molecule has 0 aliphatic heterocycles. The van der Waals surface area contributed by atoms with Gasteiger partial charge in [-0.05, 0) is 48.8 Å². The maximum Gasteiger partial charge on any atom is 0.0306 e. The van der Waals surface area contributed by atoms with Crippen molar-refractivity contribution in [1.29, 1.82) is 0 Å². The predicted molar refractivity (Wildman–Crippen MR) is 85.4 cm³/mol. The molecule has 0 unspecified atom stereocenters. The average Bonchev–Trinajstić information content (AvgIpc) is 3.33. The van der Waals surface area contributed by atoms with Gasteiger partial charge >= 0.3 is 0 Å². The summed E-state index contributed by atoms with van der Waals surface area (Å²) in [6, 6.07) is 16.1. The molecule has 2 nitrogen and oxygen atoms in total. The standard InChI is InChI=1S/C19H22N2/c1-2-5-15(6-3-1)16-11-19(12-16,14-21-18-8-9-18)17-7-4-10-20-13-17/h1-7,10,13,16,18,21H,8-9,11-12,14H2. The first kappa shape index (κ1) is 13.0. The van der Waals surface area contributed by atoms with Gasteiger partial charge in [-0.15, -0.1) is 0 Å². The first-order chi connectivity index (χ1) is 10.4. The molecular formula is C19H22N2. The SMILES string of the molecule is c1ccc(C2CC(CNC3CC3)(c3cccnc3)C2)cc1. The van der Waals surface area contributed by atoms with E-state index in [2.05, 4.69) is 59.0 Å². The molecule has 1 aromatic heterocycles. The number of hydrogen-bond acceptors (Lipinski definition) is 2. The zero-order chi connectivity index (χ0) is 14.1. The molecular weight excluding hydrogens is 256 g/mol. The molecule has 2 fully saturated rings. The maximum absolute atomic E-state index is 4.35. The predicted octanol–water partition coefficient (Wildman–Crippen LogP) is 3.65. The Labute approximate surface area is 126 Å². The summed E-state index contributed by atoms with van der Waals surface area (Å²) in [5, 5.41) is 3.74. The number of pyridine rings is 1. The minimum atomic E-state index is 0.289. The van der Waals surface area contributed by atoms with Gasteiger partial charge < -0.3 is 5.32 Å². The van der Waals surface area contributed by atoms with Crippen molar-refractivity contribution in [3.8, 4) is 0 Å². The average molecular weight is 278 g/mol. The van der Waals surface area contributed by atoms with Crippen molar-refractivity contribution in [2.75, 3.05) is 6.54 Å². The van der Waals surface area contributed by atoms with Crippen LogP contribution in [0.4, 0.5) is 0 Å². The Balaban J connectivity index is 1.53. The number of nitrogens with zero attached hydrogens (tertiary/aromatic N) is 1. The van der Waals surface area contributed by atoms with Gasteiger partial charge in [0.25, 0.3) is 0 Å². The van der Waals surface area contributed by atoms with Crippen LogP contribution in [0.2, 0.25) is 0 Å². The molecule has 0 bridgehead atoms. The molecule has 2 aliphatic carbocycles. The van der Waals surface area contributed by atoms with E-state index < -0.39 is 0 Å². The monoisotopic (exact) mass is 278 g/mol. The second-order valence-electron chi connectivity index (χ2n) is 6.69. The van der Waals surface area contributed by atoms with E-state index in [9.17, 15) is 0 Å². The number of benzene rings is 1. The molecule has 1 heterocycles. The zero-order valence-electron chi connectivity index (χ0n) is 12.3. The lowest BCUT2D eigenvalue weighted by molar-refractivity contribution is 0.193. The third-order valence-electron chi connectivity index (χ3n) is 5.13. The van der Waals surface area contributed by atoms with Crippen LogP contribution in [-0.2, 0) is 5.41 Å². The van der Waals surface area contributed by atoms with Crippen LogP contribution in [0, 0.1) is 0 Å². The number of nitrogens with one attached hydrogen (secondary N) is 1. The molecule has 2 aliphatic rings. The molecule has 21 heavy (non-hydrogen) atoms. The Kier molecular flexibility index (Phi) is 3.27. The lowest BCUT2D eigenvalue weighted by Crippen LogP contribution is -2.48. The van der Waals surface area contributed by atoms with Crippen LogP contribution < -0.4 is 5.32 Å². The topological polar surface area (TPSA) is 24.9 Å². The number of hydrogen-bond donors (Lipinski definition) is 1. The molecule has 2 heteroatoms. The van der Waals surface area contributed by atoms with Crippen molar-refractivity contribution in [3.05, 3.63) is 66.0 Å². The van der Waals surface area contributed by atoms with Crippen molar-refractivity contribution in [1.82, 2.24) is 10.3 Å². The van der Waals surface area contributed by atoms with Gasteiger partial charge in [0.1, 0.15) is 0 Å². The number of aromatic nitrogens is 1. The molecule has 0 radical (unpaired) electrons. The maximum atomic E-state index is 4.35. The van der Waals surface area contributed by atoms with Crippen molar-refractivity contribution in [2.45, 2.75) is 43.1 Å². The molecule has 1 N–H and O–H groups in total. The van der Waals surface area contributed by atoms with Gasteiger partial charge in [0.2, 0.25) is 0 Å². The van der Waals surface area contributed by atoms with Crippen LogP contribution in [-0.4, -0.2) is 17.6 Å². The molecule has 0 spiro atoms. The van der Waals surface area contributed by atoms with E-state index in [-0.39, 0.29) is 5.41 Å². The van der Waals surface area contributed by atoms with Crippen LogP contribution >= 0.6 is 0 Å². The summed E-state index contributed by atoms with van der Waals surface area (Å²) >= 11 is 0. The van der Waals surface area contributed by atoms with Crippen molar-refractivity contribution >= 4 is 0 Å². The molecule has 2 aromatic rings. The van der Waals surface area contributed by atoms with Gasteiger partial charge in [-0.3, -0.25) is 4.98 Å². The fourth-order valence-corrected chi connectivity index (χ4v) is 3.63. The quantitative estimate of drug-likeness (QED) is 0.903. The Morgan fingerprint density at radius 2 is 1.86 bits per heavy atom. The van der Waals surface area contributed by atoms with E-state index >= 15 is 0 Å². The van der Waals surface area contributed by atoms with Gasteiger partial charge in [-0.2, -0.15) is 0 Å². The molecule has 1 aromatic carbocycles. The van der Waals surface area contributed by atoms with Crippen LogP contribution in [0.25, 0.3) is 0 Å². The summed E-state index contributed by atoms with van der Waals surface area (Å²) in [6.45, 7) is 1.10. The van der Waals surface area contributed by atoms with Gasteiger partial charge in [0, 0.05) is 30.4 Å². The Morgan fingerprint density at radius 1 is 1.05 bits per heavy atom. The van der Waals surface area contributed by atoms with E-state index in [0.29, 0.717) is 5.92 Å². The third kappa shape index (κ3) is 2.60. The van der Waals surface area contributed by atoms with Crippen LogP contribution in [0.5, 0.6) is 0 Å². The molecule has 0 atom stereocenters. The highest BCUT2D eigenvalue weighted by Crippen LogP contribution is 2.52.